The van der Waals surface area contributed by atoms with Gasteiger partial charge in [-0.1, -0.05) is 25.4 Å². The van der Waals surface area contributed by atoms with E-state index in [2.05, 4.69) is 0 Å². The monoisotopic (exact) mass is 308 g/mol. The molecular formula is C12H18ClFN2O2S. The second-order valence-corrected chi connectivity index (χ2v) is 7.62. The molecule has 0 atom stereocenters. The Bertz CT molecular complexity index is 561. The summed E-state index contributed by atoms with van der Waals surface area (Å²) < 4.78 is 39.0. The van der Waals surface area contributed by atoms with Gasteiger partial charge in [0.15, 0.2) is 0 Å². The van der Waals surface area contributed by atoms with Gasteiger partial charge >= 0.3 is 0 Å². The van der Waals surface area contributed by atoms with Gasteiger partial charge in [-0.25, -0.2) is 17.1 Å². The maximum Gasteiger partial charge on any atom is 0.244 e. The van der Waals surface area contributed by atoms with Gasteiger partial charge in [0.25, 0.3) is 0 Å². The summed E-state index contributed by atoms with van der Waals surface area (Å²) in [6.07, 6.45) is 0. The van der Waals surface area contributed by atoms with Crippen LogP contribution in [0.15, 0.2) is 23.1 Å². The van der Waals surface area contributed by atoms with Gasteiger partial charge in [0.1, 0.15) is 10.7 Å². The van der Waals surface area contributed by atoms with Crippen molar-refractivity contribution >= 4 is 21.6 Å². The van der Waals surface area contributed by atoms with Crippen LogP contribution in [0.25, 0.3) is 0 Å². The third kappa shape index (κ3) is 3.89. The number of nitrogens with two attached hydrogens (primary N) is 1. The van der Waals surface area contributed by atoms with E-state index in [0.29, 0.717) is 6.54 Å². The van der Waals surface area contributed by atoms with E-state index in [1.54, 1.807) is 0 Å². The average molecular weight is 309 g/mol. The van der Waals surface area contributed by atoms with Crippen LogP contribution in [0, 0.1) is 11.2 Å². The van der Waals surface area contributed by atoms with Crippen LogP contribution in [0.1, 0.15) is 13.8 Å². The van der Waals surface area contributed by atoms with Gasteiger partial charge < -0.3 is 5.73 Å². The molecule has 2 N–H and O–H groups in total. The molecule has 1 rings (SSSR count). The van der Waals surface area contributed by atoms with Crippen LogP contribution in [0.5, 0.6) is 0 Å². The molecule has 0 unspecified atom stereocenters. The molecule has 0 fully saturated rings. The first kappa shape index (κ1) is 16.4. The van der Waals surface area contributed by atoms with Crippen molar-refractivity contribution in [3.8, 4) is 0 Å². The Hall–Kier alpha value is -0.690. The van der Waals surface area contributed by atoms with Crippen LogP contribution in [-0.4, -0.2) is 32.9 Å². The predicted octanol–water partition coefficient (Wildman–Crippen LogP) is 2.08. The SMILES string of the molecule is CN(CC(C)(C)CN)S(=O)(=O)c1cc(F)ccc1Cl. The first-order valence-electron chi connectivity index (χ1n) is 5.71. The van der Waals surface area contributed by atoms with E-state index in [1.165, 1.54) is 13.1 Å². The summed E-state index contributed by atoms with van der Waals surface area (Å²) in [5, 5.41) is -0.00111. The van der Waals surface area contributed by atoms with E-state index >= 15 is 0 Å². The van der Waals surface area contributed by atoms with Gasteiger partial charge in [0, 0.05) is 13.6 Å². The minimum Gasteiger partial charge on any atom is -0.330 e. The lowest BCUT2D eigenvalue weighted by molar-refractivity contribution is 0.292. The van der Waals surface area contributed by atoms with E-state index < -0.39 is 15.8 Å². The van der Waals surface area contributed by atoms with Crippen molar-refractivity contribution in [3.05, 3.63) is 29.0 Å². The summed E-state index contributed by atoms with van der Waals surface area (Å²) in [7, 11) is -2.41. The Morgan fingerprint density at radius 3 is 2.53 bits per heavy atom. The van der Waals surface area contributed by atoms with E-state index in [4.69, 9.17) is 17.3 Å². The molecule has 1 aromatic rings. The van der Waals surface area contributed by atoms with Crippen LogP contribution in [0.3, 0.4) is 0 Å². The van der Waals surface area contributed by atoms with Crippen LogP contribution in [0.2, 0.25) is 5.02 Å². The standard InChI is InChI=1S/C12H18ClFN2O2S/c1-12(2,7-15)8-16(3)19(17,18)11-6-9(14)4-5-10(11)13/h4-6H,7-8,15H2,1-3H3. The average Bonchev–Trinajstić information content (AvgIpc) is 2.31. The molecule has 0 aromatic heterocycles. The number of benzene rings is 1. The van der Waals surface area contributed by atoms with Crippen molar-refractivity contribution in [1.29, 1.82) is 0 Å². The second kappa shape index (κ2) is 5.75. The number of halogens is 2. The summed E-state index contributed by atoms with van der Waals surface area (Å²) >= 11 is 5.83. The van der Waals surface area contributed by atoms with Crippen molar-refractivity contribution in [2.75, 3.05) is 20.1 Å². The molecule has 7 heteroatoms. The molecule has 0 bridgehead atoms. The largest absolute Gasteiger partial charge is 0.330 e. The summed E-state index contributed by atoms with van der Waals surface area (Å²) in [6.45, 7) is 4.26. The Kier molecular flexibility index (Phi) is 4.95. The molecule has 0 amide bonds. The fraction of sp³-hybridized carbons (Fsp3) is 0.500. The smallest absolute Gasteiger partial charge is 0.244 e. The van der Waals surface area contributed by atoms with Crippen LogP contribution >= 0.6 is 11.6 Å². The lowest BCUT2D eigenvalue weighted by Gasteiger charge is -2.28. The van der Waals surface area contributed by atoms with E-state index in [9.17, 15) is 12.8 Å². The zero-order chi connectivity index (χ0) is 14.8. The molecule has 4 nitrogen and oxygen atoms in total. The Balaban J connectivity index is 3.14. The van der Waals surface area contributed by atoms with E-state index in [-0.39, 0.29) is 21.9 Å². The van der Waals surface area contributed by atoms with Crippen LogP contribution < -0.4 is 5.73 Å². The Morgan fingerprint density at radius 2 is 2.00 bits per heavy atom. The molecule has 0 aliphatic heterocycles. The number of rotatable bonds is 5. The highest BCUT2D eigenvalue weighted by molar-refractivity contribution is 7.89. The van der Waals surface area contributed by atoms with Crippen LogP contribution in [-0.2, 0) is 10.0 Å². The molecular weight excluding hydrogens is 291 g/mol. The molecule has 0 spiro atoms. The number of nitrogens with zero attached hydrogens (tertiary/aromatic N) is 1. The van der Waals surface area contributed by atoms with Gasteiger partial charge in [-0.3, -0.25) is 0 Å². The molecule has 0 saturated carbocycles. The molecule has 19 heavy (non-hydrogen) atoms. The maximum atomic E-state index is 13.2. The third-order valence-corrected chi connectivity index (χ3v) is 5.07. The highest BCUT2D eigenvalue weighted by atomic mass is 35.5. The molecule has 1 aromatic carbocycles. The van der Waals surface area contributed by atoms with Crippen molar-refractivity contribution in [1.82, 2.24) is 4.31 Å². The molecule has 0 radical (unpaired) electrons. The number of sulfonamides is 1. The molecule has 0 aliphatic rings. The van der Waals surface area contributed by atoms with Crippen molar-refractivity contribution in [2.24, 2.45) is 11.1 Å². The third-order valence-electron chi connectivity index (χ3n) is 2.78. The number of hydrogen-bond donors (Lipinski definition) is 1. The van der Waals surface area contributed by atoms with Crippen LogP contribution in [0.4, 0.5) is 4.39 Å². The quantitative estimate of drug-likeness (QED) is 0.906. The van der Waals surface area contributed by atoms with Crippen molar-refractivity contribution in [2.45, 2.75) is 18.7 Å². The fourth-order valence-electron chi connectivity index (χ4n) is 1.60. The molecule has 0 aliphatic carbocycles. The summed E-state index contributed by atoms with van der Waals surface area (Å²) in [5.41, 5.74) is 5.21. The Morgan fingerprint density at radius 1 is 1.42 bits per heavy atom. The zero-order valence-electron chi connectivity index (χ0n) is 11.2. The first-order chi connectivity index (χ1) is 8.60. The van der Waals surface area contributed by atoms with E-state index in [0.717, 1.165) is 16.4 Å². The lowest BCUT2D eigenvalue weighted by atomic mass is 9.94. The summed E-state index contributed by atoms with van der Waals surface area (Å²) in [5.74, 6) is -0.644. The second-order valence-electron chi connectivity index (χ2n) is 5.20. The van der Waals surface area contributed by atoms with Gasteiger partial charge in [0.2, 0.25) is 10.0 Å². The normalized spacial score (nSPS) is 13.0. The van der Waals surface area contributed by atoms with Gasteiger partial charge in [0.05, 0.1) is 5.02 Å². The minimum absolute atomic E-state index is 0.00111. The molecule has 0 saturated heterocycles. The zero-order valence-corrected chi connectivity index (χ0v) is 12.7. The van der Waals surface area contributed by atoms with Crippen molar-refractivity contribution < 1.29 is 12.8 Å². The minimum atomic E-state index is -3.83. The van der Waals surface area contributed by atoms with Gasteiger partial charge in [-0.2, -0.15) is 0 Å². The highest BCUT2D eigenvalue weighted by Gasteiger charge is 2.29. The highest BCUT2D eigenvalue weighted by Crippen LogP contribution is 2.26. The predicted molar refractivity (Wildman–Crippen MR) is 74.1 cm³/mol. The molecule has 108 valence electrons. The summed E-state index contributed by atoms with van der Waals surface area (Å²) in [6, 6.07) is 3.26. The topological polar surface area (TPSA) is 63.4 Å². The van der Waals surface area contributed by atoms with E-state index in [1.807, 2.05) is 13.8 Å². The van der Waals surface area contributed by atoms with Gasteiger partial charge in [-0.05, 0) is 30.2 Å². The van der Waals surface area contributed by atoms with Gasteiger partial charge in [-0.15, -0.1) is 0 Å². The first-order valence-corrected chi connectivity index (χ1v) is 7.53. The van der Waals surface area contributed by atoms with Crippen molar-refractivity contribution in [3.63, 3.8) is 0 Å². The summed E-state index contributed by atoms with van der Waals surface area (Å²) in [4.78, 5) is -0.232. The maximum absolute atomic E-state index is 13.2. The fourth-order valence-corrected chi connectivity index (χ4v) is 3.44. The Labute approximate surface area is 118 Å². The number of hydrogen-bond acceptors (Lipinski definition) is 3. The molecule has 0 heterocycles. The lowest BCUT2D eigenvalue weighted by Crippen LogP contribution is -2.39.